The number of nitrogens with zero attached hydrogens (tertiary/aromatic N) is 8. The summed E-state index contributed by atoms with van der Waals surface area (Å²) in [7, 11) is 0. The van der Waals surface area contributed by atoms with Crippen LogP contribution in [0.3, 0.4) is 0 Å². The van der Waals surface area contributed by atoms with Crippen molar-refractivity contribution in [2.24, 2.45) is 5.73 Å². The summed E-state index contributed by atoms with van der Waals surface area (Å²) in [4.78, 5) is 32.2. The van der Waals surface area contributed by atoms with Gasteiger partial charge in [-0.05, 0) is 36.6 Å². The van der Waals surface area contributed by atoms with Gasteiger partial charge in [0.2, 0.25) is 0 Å². The summed E-state index contributed by atoms with van der Waals surface area (Å²) < 4.78 is 41.7. The first-order chi connectivity index (χ1) is 19.7. The SMILES string of the molecule is N#CCC1(n2cc(-c3ncnc4[nH]ccc34)cn2)CC(N2CCN(C(=O)c3cc(CN)cc(C(F)(F)F)n3)CC2)C1. The molecule has 5 heterocycles. The highest BCUT2D eigenvalue weighted by molar-refractivity contribution is 5.92. The number of nitrogens with one attached hydrogen (secondary N) is 1. The Morgan fingerprint density at radius 3 is 2.68 bits per heavy atom. The summed E-state index contributed by atoms with van der Waals surface area (Å²) in [5, 5.41) is 15.1. The normalized spacial score (nSPS) is 21.5. The maximum Gasteiger partial charge on any atom is 0.433 e. The van der Waals surface area contributed by atoms with Crippen LogP contribution < -0.4 is 5.73 Å². The van der Waals surface area contributed by atoms with Gasteiger partial charge in [0.05, 0.1) is 29.9 Å². The van der Waals surface area contributed by atoms with Crippen molar-refractivity contribution in [2.45, 2.75) is 43.6 Å². The summed E-state index contributed by atoms with van der Waals surface area (Å²) in [6.45, 7) is 1.74. The number of halogens is 3. The van der Waals surface area contributed by atoms with E-state index in [9.17, 15) is 23.2 Å². The van der Waals surface area contributed by atoms with Crippen molar-refractivity contribution >= 4 is 16.9 Å². The van der Waals surface area contributed by atoms with Gasteiger partial charge in [0.25, 0.3) is 5.91 Å². The Hall–Kier alpha value is -4.35. The summed E-state index contributed by atoms with van der Waals surface area (Å²) in [6, 6.07) is 6.62. The van der Waals surface area contributed by atoms with Crippen LogP contribution in [0, 0.1) is 11.3 Å². The number of carbonyl (C=O) groups excluding carboxylic acids is 1. The molecule has 0 unspecified atom stereocenters. The van der Waals surface area contributed by atoms with Crippen LogP contribution in [-0.4, -0.2) is 77.6 Å². The predicted molar refractivity (Wildman–Crippen MR) is 141 cm³/mol. The lowest BCUT2D eigenvalue weighted by molar-refractivity contribution is -0.141. The van der Waals surface area contributed by atoms with Gasteiger partial charge in [-0.25, -0.2) is 15.0 Å². The van der Waals surface area contributed by atoms with Gasteiger partial charge in [0, 0.05) is 62.1 Å². The topological polar surface area (TPSA) is 146 Å². The van der Waals surface area contributed by atoms with Crippen LogP contribution in [0.1, 0.15) is 41.0 Å². The molecule has 3 N–H and O–H groups in total. The lowest BCUT2D eigenvalue weighted by Crippen LogP contribution is -2.60. The van der Waals surface area contributed by atoms with Gasteiger partial charge >= 0.3 is 6.18 Å². The Morgan fingerprint density at radius 2 is 1.98 bits per heavy atom. The molecular weight excluding hydrogens is 537 g/mol. The smallest absolute Gasteiger partial charge is 0.346 e. The monoisotopic (exact) mass is 564 g/mol. The van der Waals surface area contributed by atoms with Crippen molar-refractivity contribution in [1.29, 1.82) is 5.26 Å². The summed E-state index contributed by atoms with van der Waals surface area (Å²) in [5.74, 6) is -0.539. The molecule has 6 rings (SSSR count). The maximum atomic E-state index is 13.3. The van der Waals surface area contributed by atoms with Crippen molar-refractivity contribution in [3.05, 3.63) is 60.1 Å². The van der Waals surface area contributed by atoms with Crippen LogP contribution >= 0.6 is 0 Å². The molecule has 11 nitrogen and oxygen atoms in total. The number of nitriles is 1. The Morgan fingerprint density at radius 1 is 1.20 bits per heavy atom. The van der Waals surface area contributed by atoms with Crippen LogP contribution in [0.4, 0.5) is 13.2 Å². The lowest BCUT2D eigenvalue weighted by atomic mass is 9.70. The Kier molecular flexibility index (Phi) is 6.71. The van der Waals surface area contributed by atoms with Gasteiger partial charge in [-0.2, -0.15) is 23.5 Å². The molecule has 1 amide bonds. The molecule has 2 fully saturated rings. The number of alkyl halides is 3. The third-order valence-electron chi connectivity index (χ3n) is 8.08. The van der Waals surface area contributed by atoms with Crippen LogP contribution in [0.5, 0.6) is 0 Å². The molecule has 0 atom stereocenters. The minimum atomic E-state index is -4.67. The zero-order chi connectivity index (χ0) is 28.8. The molecule has 0 bridgehead atoms. The first-order valence-electron chi connectivity index (χ1n) is 13.2. The second-order valence-electron chi connectivity index (χ2n) is 10.5. The molecule has 212 valence electrons. The molecule has 0 aromatic carbocycles. The summed E-state index contributed by atoms with van der Waals surface area (Å²) >= 11 is 0. The van der Waals surface area contributed by atoms with Gasteiger partial charge in [-0.1, -0.05) is 0 Å². The molecule has 0 radical (unpaired) electrons. The van der Waals surface area contributed by atoms with Gasteiger partial charge < -0.3 is 15.6 Å². The predicted octanol–water partition coefficient (Wildman–Crippen LogP) is 2.92. The molecule has 4 aromatic rings. The molecule has 1 aliphatic heterocycles. The van der Waals surface area contributed by atoms with Crippen molar-refractivity contribution < 1.29 is 18.0 Å². The number of piperazine rings is 1. The Bertz CT molecular complexity index is 1620. The number of fused-ring (bicyclic) bond motifs is 1. The fraction of sp³-hybridized carbons (Fsp3) is 0.407. The number of hydrogen-bond acceptors (Lipinski definition) is 8. The summed E-state index contributed by atoms with van der Waals surface area (Å²) in [5.41, 5.74) is 6.28. The first kappa shape index (κ1) is 26.9. The summed E-state index contributed by atoms with van der Waals surface area (Å²) in [6.07, 6.45) is 4.05. The fourth-order valence-electron chi connectivity index (χ4n) is 5.85. The molecule has 2 aliphatic rings. The second kappa shape index (κ2) is 10.2. The third-order valence-corrected chi connectivity index (χ3v) is 8.08. The zero-order valence-corrected chi connectivity index (χ0v) is 22.0. The average Bonchev–Trinajstić information content (AvgIpc) is 3.64. The molecule has 1 aliphatic carbocycles. The number of aromatic amines is 1. The molecule has 1 saturated heterocycles. The number of amides is 1. The van der Waals surface area contributed by atoms with Crippen LogP contribution in [0.2, 0.25) is 0 Å². The van der Waals surface area contributed by atoms with Crippen molar-refractivity contribution in [2.75, 3.05) is 26.2 Å². The van der Waals surface area contributed by atoms with E-state index in [4.69, 9.17) is 5.73 Å². The highest BCUT2D eigenvalue weighted by atomic mass is 19.4. The number of hydrogen-bond donors (Lipinski definition) is 2. The van der Waals surface area contributed by atoms with E-state index in [1.54, 1.807) is 6.20 Å². The molecule has 0 spiro atoms. The third kappa shape index (κ3) is 4.91. The van der Waals surface area contributed by atoms with E-state index >= 15 is 0 Å². The first-order valence-corrected chi connectivity index (χ1v) is 13.2. The van der Waals surface area contributed by atoms with Crippen LogP contribution in [0.15, 0.2) is 43.1 Å². The number of carbonyl (C=O) groups is 1. The van der Waals surface area contributed by atoms with E-state index in [0.29, 0.717) is 45.4 Å². The van der Waals surface area contributed by atoms with Gasteiger partial charge in [0.15, 0.2) is 0 Å². The van der Waals surface area contributed by atoms with Crippen molar-refractivity contribution in [3.8, 4) is 17.3 Å². The molecule has 1 saturated carbocycles. The van der Waals surface area contributed by atoms with E-state index in [0.717, 1.165) is 28.4 Å². The molecule has 41 heavy (non-hydrogen) atoms. The van der Waals surface area contributed by atoms with Crippen molar-refractivity contribution in [3.63, 3.8) is 0 Å². The van der Waals surface area contributed by atoms with E-state index in [-0.39, 0.29) is 23.8 Å². The van der Waals surface area contributed by atoms with Crippen molar-refractivity contribution in [1.82, 2.24) is 39.5 Å². The Labute approximate surface area is 232 Å². The Balaban J connectivity index is 1.12. The minimum absolute atomic E-state index is 0.126. The molecular formula is C27H27F3N10O. The number of H-pyrrole nitrogens is 1. The minimum Gasteiger partial charge on any atom is -0.346 e. The number of pyridine rings is 1. The lowest BCUT2D eigenvalue weighted by Gasteiger charge is -2.52. The van der Waals surface area contributed by atoms with E-state index in [2.05, 4.69) is 36.0 Å². The van der Waals surface area contributed by atoms with Gasteiger partial charge in [-0.3, -0.25) is 14.4 Å². The second-order valence-corrected chi connectivity index (χ2v) is 10.5. The van der Waals surface area contributed by atoms with E-state index in [1.807, 2.05) is 23.1 Å². The largest absolute Gasteiger partial charge is 0.433 e. The van der Waals surface area contributed by atoms with Gasteiger partial charge in [-0.15, -0.1) is 0 Å². The number of aromatic nitrogens is 6. The quantitative estimate of drug-likeness (QED) is 0.364. The van der Waals surface area contributed by atoms with Gasteiger partial charge in [0.1, 0.15) is 23.4 Å². The zero-order valence-electron chi connectivity index (χ0n) is 22.0. The van der Waals surface area contributed by atoms with Crippen LogP contribution in [0.25, 0.3) is 22.3 Å². The van der Waals surface area contributed by atoms with E-state index < -0.39 is 23.3 Å². The molecule has 4 aromatic heterocycles. The number of nitrogens with two attached hydrogens (primary N) is 1. The number of rotatable bonds is 6. The van der Waals surface area contributed by atoms with Crippen LogP contribution in [-0.2, 0) is 18.3 Å². The average molecular weight is 565 g/mol. The maximum absolute atomic E-state index is 13.3. The fourth-order valence-corrected chi connectivity index (χ4v) is 5.85. The van der Waals surface area contributed by atoms with E-state index in [1.165, 1.54) is 17.3 Å². The standard InChI is InChI=1S/C27H27F3N10O/c28-27(29,30)22-10-17(13-32)9-21(37-22)25(41)39-7-5-38(6-8-39)19-11-26(12-19,2-3-31)40-15-18(14-36-40)23-20-1-4-33-24(20)35-16-34-23/h1,4,9-10,14-16,19H,2,5-8,11-13,32H2,(H,33,34,35). The molecule has 14 heteroatoms. The highest BCUT2D eigenvalue weighted by Gasteiger charge is 2.49. The highest BCUT2D eigenvalue weighted by Crippen LogP contribution is 2.45.